The molecule has 172 valence electrons. The number of pyridine rings is 1. The topological polar surface area (TPSA) is 97.5 Å². The fourth-order valence-corrected chi connectivity index (χ4v) is 5.81. The Morgan fingerprint density at radius 2 is 2.15 bits per heavy atom. The number of carbonyl (C=O) groups is 1. The zero-order valence-electron chi connectivity index (χ0n) is 17.7. The van der Waals surface area contributed by atoms with Gasteiger partial charge in [-0.3, -0.25) is 0 Å². The van der Waals surface area contributed by atoms with Crippen molar-refractivity contribution in [1.29, 1.82) is 0 Å². The standard InChI is InChI=1S/C23H21FIN4O4/c1-31-22-14(24)5-4-6-16(22)28-21-18-20-15(11-27-23(18)30)25-33-10-3-2-9-32-17-12-26-8-7-13(17)19(21)29-20/h2-8,12,15,28-29H,9-11H2,1H3,(H,27,30)/q-1/b3-2-/t15-/m0/s1. The molecule has 0 unspecified atom stereocenters. The summed E-state index contributed by atoms with van der Waals surface area (Å²) in [6.07, 6.45) is 7.13. The molecule has 2 bridgehead atoms. The molecule has 0 saturated heterocycles. The molecule has 8 nitrogen and oxygen atoms in total. The third kappa shape index (κ3) is 4.15. The van der Waals surface area contributed by atoms with E-state index in [4.69, 9.17) is 12.5 Å². The van der Waals surface area contributed by atoms with Gasteiger partial charge >= 0.3 is 201 Å². The molecule has 0 radical (unpaired) electrons. The number of rotatable bonds is 3. The molecule has 2 aliphatic rings. The second-order valence-electron chi connectivity index (χ2n) is 7.31. The van der Waals surface area contributed by atoms with Crippen molar-refractivity contribution in [1.82, 2.24) is 15.3 Å². The quantitative estimate of drug-likeness (QED) is 0.247. The number of aromatic nitrogens is 2. The van der Waals surface area contributed by atoms with E-state index in [9.17, 15) is 9.18 Å². The first-order chi connectivity index (χ1) is 16.2. The van der Waals surface area contributed by atoms with E-state index in [0.717, 1.165) is 11.3 Å². The minimum atomic E-state index is -0.713. The fourth-order valence-electron chi connectivity index (χ4n) is 3.84. The van der Waals surface area contributed by atoms with Crippen molar-refractivity contribution < 1.29 is 43.3 Å². The molecule has 1 atom stereocenters. The van der Waals surface area contributed by atoms with Gasteiger partial charge < -0.3 is 0 Å². The van der Waals surface area contributed by atoms with Gasteiger partial charge in [-0.05, 0) is 0 Å². The van der Waals surface area contributed by atoms with Crippen LogP contribution in [0.4, 0.5) is 15.8 Å². The SMILES string of the molecule is COc1c(F)cccc1Nc1c2[nH]c3c1C(=O)NC[C@@H]3[I-]OC/C=C\COc1cnccc1-2. The summed E-state index contributed by atoms with van der Waals surface area (Å²) in [5, 5.41) is 6.22. The third-order valence-corrected chi connectivity index (χ3v) is 7.72. The number of anilines is 2. The number of halogens is 2. The van der Waals surface area contributed by atoms with Gasteiger partial charge in [0.25, 0.3) is 0 Å². The maximum atomic E-state index is 14.4. The normalized spacial score (nSPS) is 18.7. The van der Waals surface area contributed by atoms with Crippen LogP contribution in [0.1, 0.15) is 20.0 Å². The van der Waals surface area contributed by atoms with Gasteiger partial charge in [0.2, 0.25) is 0 Å². The number of fused-ring (bicyclic) bond motifs is 3. The predicted octanol–water partition coefficient (Wildman–Crippen LogP) is 0.722. The predicted molar refractivity (Wildman–Crippen MR) is 116 cm³/mol. The van der Waals surface area contributed by atoms with Gasteiger partial charge in [-0.25, -0.2) is 0 Å². The molecular weight excluding hydrogens is 542 g/mol. The van der Waals surface area contributed by atoms with Gasteiger partial charge in [-0.1, -0.05) is 0 Å². The maximum absolute atomic E-state index is 14.4. The van der Waals surface area contributed by atoms with Crippen LogP contribution in [0.25, 0.3) is 11.3 Å². The summed E-state index contributed by atoms with van der Waals surface area (Å²) < 4.78 is 31.6. The molecule has 3 N–H and O–H groups in total. The van der Waals surface area contributed by atoms with Crippen LogP contribution in [-0.2, 0) is 3.07 Å². The van der Waals surface area contributed by atoms with E-state index >= 15 is 0 Å². The molecule has 3 aromatic rings. The van der Waals surface area contributed by atoms with E-state index in [2.05, 4.69) is 20.6 Å². The van der Waals surface area contributed by atoms with Crippen molar-refractivity contribution in [3.05, 3.63) is 65.9 Å². The van der Waals surface area contributed by atoms with Gasteiger partial charge in [0.1, 0.15) is 0 Å². The summed E-state index contributed by atoms with van der Waals surface area (Å²) >= 11 is -0.713. The van der Waals surface area contributed by atoms with E-state index in [1.165, 1.54) is 13.2 Å². The van der Waals surface area contributed by atoms with Crippen LogP contribution in [0.5, 0.6) is 11.5 Å². The number of hydrogen-bond donors (Lipinski definition) is 3. The van der Waals surface area contributed by atoms with Gasteiger partial charge in [0.05, 0.1) is 0 Å². The first-order valence-electron chi connectivity index (χ1n) is 10.3. The van der Waals surface area contributed by atoms with E-state index in [1.54, 1.807) is 24.5 Å². The van der Waals surface area contributed by atoms with E-state index < -0.39 is 27.4 Å². The van der Waals surface area contributed by atoms with Gasteiger partial charge in [0, 0.05) is 0 Å². The Balaban J connectivity index is 1.72. The van der Waals surface area contributed by atoms with Crippen LogP contribution >= 0.6 is 0 Å². The number of aromatic amines is 1. The number of carbonyl (C=O) groups excluding carboxylic acids is 1. The second-order valence-corrected chi connectivity index (χ2v) is 9.94. The number of ether oxygens (including phenoxy) is 2. The first-order valence-corrected chi connectivity index (χ1v) is 12.4. The van der Waals surface area contributed by atoms with Crippen molar-refractivity contribution in [2.75, 3.05) is 32.2 Å². The number of benzene rings is 1. The van der Waals surface area contributed by atoms with Crippen LogP contribution < -0.4 is 41.7 Å². The third-order valence-electron chi connectivity index (χ3n) is 5.33. The number of nitrogens with one attached hydrogen (secondary N) is 3. The summed E-state index contributed by atoms with van der Waals surface area (Å²) in [6.45, 7) is 1.33. The summed E-state index contributed by atoms with van der Waals surface area (Å²) in [6, 6.07) is 6.43. The Kier molecular flexibility index (Phi) is 6.18. The zero-order chi connectivity index (χ0) is 22.8. The number of hydrogen-bond acceptors (Lipinski definition) is 6. The van der Waals surface area contributed by atoms with Gasteiger partial charge in [-0.2, -0.15) is 0 Å². The number of nitrogens with zero attached hydrogens (tertiary/aromatic N) is 1. The van der Waals surface area contributed by atoms with Crippen LogP contribution in [0.2, 0.25) is 0 Å². The van der Waals surface area contributed by atoms with Crippen molar-refractivity contribution in [3.8, 4) is 22.8 Å². The Hall–Kier alpha value is -3.12. The molecule has 2 aromatic heterocycles. The molecule has 1 amide bonds. The average Bonchev–Trinajstić information content (AvgIpc) is 3.20. The fraction of sp³-hybridized carbons (Fsp3) is 0.217. The molecular formula is C23H21FIN4O4-. The van der Waals surface area contributed by atoms with E-state index in [-0.39, 0.29) is 15.6 Å². The van der Waals surface area contributed by atoms with Crippen LogP contribution in [0, 0.1) is 5.82 Å². The Bertz CT molecular complexity index is 1230. The molecule has 33 heavy (non-hydrogen) atoms. The Morgan fingerprint density at radius 3 is 3.03 bits per heavy atom. The molecule has 0 saturated carbocycles. The summed E-state index contributed by atoms with van der Waals surface area (Å²) in [7, 11) is 1.41. The molecule has 5 rings (SSSR count). The number of alkyl halides is 1. The monoisotopic (exact) mass is 563 g/mol. The molecule has 0 fully saturated rings. The number of methoxy groups -OCH3 is 1. The first kappa shape index (κ1) is 21.7. The van der Waals surface area contributed by atoms with Crippen LogP contribution in [0.3, 0.4) is 0 Å². The molecule has 0 spiro atoms. The Morgan fingerprint density at radius 1 is 1.27 bits per heavy atom. The molecule has 0 aliphatic carbocycles. The Labute approximate surface area is 200 Å². The summed E-state index contributed by atoms with van der Waals surface area (Å²) in [5.41, 5.74) is 3.58. The number of para-hydroxylation sites is 1. The van der Waals surface area contributed by atoms with Crippen molar-refractivity contribution in [3.63, 3.8) is 0 Å². The number of H-pyrrole nitrogens is 1. The van der Waals surface area contributed by atoms with E-state index in [0.29, 0.717) is 48.1 Å². The van der Waals surface area contributed by atoms with Gasteiger partial charge in [0.15, 0.2) is 0 Å². The average molecular weight is 563 g/mol. The molecule has 10 heteroatoms. The van der Waals surface area contributed by atoms with Gasteiger partial charge in [-0.15, -0.1) is 0 Å². The van der Waals surface area contributed by atoms with Crippen molar-refractivity contribution in [2.24, 2.45) is 0 Å². The number of amides is 1. The molecule has 1 aromatic carbocycles. The van der Waals surface area contributed by atoms with Crippen molar-refractivity contribution >= 4 is 17.3 Å². The van der Waals surface area contributed by atoms with E-state index in [1.807, 2.05) is 18.2 Å². The molecule has 2 aliphatic heterocycles. The summed E-state index contributed by atoms with van der Waals surface area (Å²) in [4.78, 5) is 20.7. The second kappa shape index (κ2) is 9.40. The zero-order valence-corrected chi connectivity index (χ0v) is 19.8. The van der Waals surface area contributed by atoms with Crippen LogP contribution in [0.15, 0.2) is 48.8 Å². The van der Waals surface area contributed by atoms with Crippen LogP contribution in [-0.4, -0.2) is 42.7 Å². The minimum absolute atomic E-state index is 0.0283. The molecule has 4 heterocycles. The van der Waals surface area contributed by atoms with Crippen molar-refractivity contribution in [2.45, 2.75) is 3.92 Å². The summed E-state index contributed by atoms with van der Waals surface area (Å²) in [5.74, 6) is -0.0967.